The lowest BCUT2D eigenvalue weighted by Gasteiger charge is -2.35. The van der Waals surface area contributed by atoms with Crippen LogP contribution < -0.4 is 5.32 Å². The van der Waals surface area contributed by atoms with Crippen molar-refractivity contribution in [2.45, 2.75) is 65.1 Å². The van der Waals surface area contributed by atoms with Crippen LogP contribution in [0, 0.1) is 0 Å². The fourth-order valence-electron chi connectivity index (χ4n) is 3.68. The molecule has 6 nitrogen and oxygen atoms in total. The van der Waals surface area contributed by atoms with Crippen molar-refractivity contribution in [3.8, 4) is 0 Å². The molecule has 1 N–H and O–H groups in total. The lowest BCUT2D eigenvalue weighted by molar-refractivity contribution is -0.0721. The van der Waals surface area contributed by atoms with E-state index in [4.69, 9.17) is 14.5 Å². The number of hydrogen-bond acceptors (Lipinski definition) is 4. The molecule has 1 unspecified atom stereocenters. The van der Waals surface area contributed by atoms with Crippen molar-refractivity contribution in [1.82, 2.24) is 15.1 Å². The van der Waals surface area contributed by atoms with Crippen LogP contribution in [-0.2, 0) is 9.47 Å². The van der Waals surface area contributed by atoms with Crippen molar-refractivity contribution in [1.29, 1.82) is 0 Å². The Kier molecular flexibility index (Phi) is 13.7. The Morgan fingerprint density at radius 2 is 1.89 bits per heavy atom. The Morgan fingerprint density at radius 3 is 2.48 bits per heavy atom. The van der Waals surface area contributed by atoms with E-state index in [1.165, 1.54) is 12.8 Å². The molecule has 27 heavy (non-hydrogen) atoms. The third-order valence-corrected chi connectivity index (χ3v) is 5.44. The molecule has 1 atom stereocenters. The van der Waals surface area contributed by atoms with Gasteiger partial charge in [-0.05, 0) is 52.1 Å². The molecule has 0 aliphatic carbocycles. The summed E-state index contributed by atoms with van der Waals surface area (Å²) >= 11 is 0. The van der Waals surface area contributed by atoms with Gasteiger partial charge >= 0.3 is 0 Å². The smallest absolute Gasteiger partial charge is 0.193 e. The summed E-state index contributed by atoms with van der Waals surface area (Å²) in [5.41, 5.74) is 0. The summed E-state index contributed by atoms with van der Waals surface area (Å²) in [5, 5.41) is 3.46. The SMILES string of the molecule is CCNC(=NCCN(CC)CC)N1CCC(OCC2CCCCO2)CC1.I. The Bertz CT molecular complexity index is 393. The van der Waals surface area contributed by atoms with Crippen molar-refractivity contribution in [3.05, 3.63) is 0 Å². The standard InChI is InChI=1S/C20H40N4O2.HI/c1-4-21-20(22-12-15-23(5-2)6-3)24-13-10-18(11-14-24)26-17-19-9-7-8-16-25-19;/h18-19H,4-17H2,1-3H3,(H,21,22);1H. The first-order valence-corrected chi connectivity index (χ1v) is 10.8. The van der Waals surface area contributed by atoms with Crippen molar-refractivity contribution in [2.24, 2.45) is 4.99 Å². The highest BCUT2D eigenvalue weighted by Gasteiger charge is 2.23. The predicted molar refractivity (Wildman–Crippen MR) is 123 cm³/mol. The predicted octanol–water partition coefficient (Wildman–Crippen LogP) is 2.96. The molecule has 0 aromatic rings. The normalized spacial score (nSPS) is 22.0. The second-order valence-electron chi connectivity index (χ2n) is 7.27. The number of guanidine groups is 1. The number of likely N-dealkylation sites (tertiary alicyclic amines) is 1. The molecule has 0 bridgehead atoms. The van der Waals surface area contributed by atoms with E-state index < -0.39 is 0 Å². The number of nitrogens with zero attached hydrogens (tertiary/aromatic N) is 3. The number of halogens is 1. The molecule has 2 saturated heterocycles. The summed E-state index contributed by atoms with van der Waals surface area (Å²) in [7, 11) is 0. The van der Waals surface area contributed by atoms with E-state index in [-0.39, 0.29) is 24.0 Å². The second-order valence-corrected chi connectivity index (χ2v) is 7.27. The maximum atomic E-state index is 6.13. The highest BCUT2D eigenvalue weighted by molar-refractivity contribution is 14.0. The van der Waals surface area contributed by atoms with Crippen molar-refractivity contribution in [3.63, 3.8) is 0 Å². The number of rotatable bonds is 9. The van der Waals surface area contributed by atoms with Crippen LogP contribution in [0.25, 0.3) is 0 Å². The monoisotopic (exact) mass is 496 g/mol. The van der Waals surface area contributed by atoms with E-state index in [9.17, 15) is 0 Å². The third kappa shape index (κ3) is 9.28. The van der Waals surface area contributed by atoms with Gasteiger partial charge in [-0.25, -0.2) is 0 Å². The van der Waals surface area contributed by atoms with Crippen LogP contribution in [0.3, 0.4) is 0 Å². The molecule has 0 spiro atoms. The quantitative estimate of drug-likeness (QED) is 0.302. The first-order valence-electron chi connectivity index (χ1n) is 10.8. The Labute approximate surface area is 183 Å². The summed E-state index contributed by atoms with van der Waals surface area (Å²) in [4.78, 5) is 9.65. The summed E-state index contributed by atoms with van der Waals surface area (Å²) in [6.07, 6.45) is 6.48. The van der Waals surface area contributed by atoms with Gasteiger partial charge in [0.15, 0.2) is 5.96 Å². The topological polar surface area (TPSA) is 49.3 Å². The lowest BCUT2D eigenvalue weighted by Crippen LogP contribution is -2.47. The third-order valence-electron chi connectivity index (χ3n) is 5.44. The molecule has 2 rings (SSSR count). The van der Waals surface area contributed by atoms with E-state index in [1.54, 1.807) is 0 Å². The maximum absolute atomic E-state index is 6.13. The highest BCUT2D eigenvalue weighted by atomic mass is 127. The Hall–Kier alpha value is -0.120. The van der Waals surface area contributed by atoms with Gasteiger partial charge in [0, 0.05) is 32.8 Å². The first kappa shape index (κ1) is 24.9. The molecule has 0 aromatic carbocycles. The molecule has 2 aliphatic heterocycles. The van der Waals surface area contributed by atoms with Crippen LogP contribution in [0.15, 0.2) is 4.99 Å². The molecule has 160 valence electrons. The summed E-state index contributed by atoms with van der Waals surface area (Å²) in [5.74, 6) is 1.06. The van der Waals surface area contributed by atoms with Crippen LogP contribution in [-0.4, -0.2) is 87.0 Å². The van der Waals surface area contributed by atoms with Crippen LogP contribution in [0.4, 0.5) is 0 Å². The number of nitrogens with one attached hydrogen (secondary N) is 1. The molecular weight excluding hydrogens is 455 g/mol. The van der Waals surface area contributed by atoms with Crippen molar-refractivity contribution < 1.29 is 9.47 Å². The highest BCUT2D eigenvalue weighted by Crippen LogP contribution is 2.18. The van der Waals surface area contributed by atoms with Gasteiger partial charge in [-0.1, -0.05) is 13.8 Å². The van der Waals surface area contributed by atoms with Gasteiger partial charge in [0.1, 0.15) is 0 Å². The van der Waals surface area contributed by atoms with Crippen molar-refractivity contribution >= 4 is 29.9 Å². The maximum Gasteiger partial charge on any atom is 0.193 e. The second kappa shape index (κ2) is 14.8. The molecule has 0 radical (unpaired) electrons. The zero-order valence-electron chi connectivity index (χ0n) is 17.6. The molecule has 2 heterocycles. The van der Waals surface area contributed by atoms with Gasteiger partial charge in [-0.15, -0.1) is 24.0 Å². The van der Waals surface area contributed by atoms with Crippen molar-refractivity contribution in [2.75, 3.05) is 59.0 Å². The average Bonchev–Trinajstić information content (AvgIpc) is 2.70. The largest absolute Gasteiger partial charge is 0.376 e. The molecule has 2 aliphatic rings. The zero-order valence-corrected chi connectivity index (χ0v) is 20.0. The van der Waals surface area contributed by atoms with Gasteiger partial charge in [-0.3, -0.25) is 4.99 Å². The zero-order chi connectivity index (χ0) is 18.6. The average molecular weight is 496 g/mol. The first-order chi connectivity index (χ1) is 12.8. The molecule has 0 saturated carbocycles. The summed E-state index contributed by atoms with van der Waals surface area (Å²) in [6, 6.07) is 0. The minimum Gasteiger partial charge on any atom is -0.376 e. The van der Waals surface area contributed by atoms with E-state index >= 15 is 0 Å². The molecule has 0 amide bonds. The van der Waals surface area contributed by atoms with E-state index in [0.29, 0.717) is 12.2 Å². The number of ether oxygens (including phenoxy) is 2. The number of likely N-dealkylation sites (N-methyl/N-ethyl adjacent to an activating group) is 1. The fraction of sp³-hybridized carbons (Fsp3) is 0.950. The fourth-order valence-corrected chi connectivity index (χ4v) is 3.68. The summed E-state index contributed by atoms with van der Waals surface area (Å²) in [6.45, 7) is 15.3. The molecule has 0 aromatic heterocycles. The molecule has 7 heteroatoms. The number of hydrogen-bond donors (Lipinski definition) is 1. The minimum atomic E-state index is 0. The van der Waals surface area contributed by atoms with Gasteiger partial charge in [-0.2, -0.15) is 0 Å². The van der Waals surface area contributed by atoms with Gasteiger partial charge in [0.25, 0.3) is 0 Å². The Morgan fingerprint density at radius 1 is 1.15 bits per heavy atom. The van der Waals surface area contributed by atoms with Gasteiger partial charge in [0.2, 0.25) is 0 Å². The van der Waals surface area contributed by atoms with Crippen LogP contribution >= 0.6 is 24.0 Å². The number of piperidine rings is 1. The van der Waals surface area contributed by atoms with Gasteiger partial charge < -0.3 is 24.6 Å². The van der Waals surface area contributed by atoms with Crippen LogP contribution in [0.2, 0.25) is 0 Å². The molecule has 2 fully saturated rings. The van der Waals surface area contributed by atoms with Crippen LogP contribution in [0.1, 0.15) is 52.9 Å². The van der Waals surface area contributed by atoms with E-state index in [0.717, 1.165) is 84.2 Å². The summed E-state index contributed by atoms with van der Waals surface area (Å²) < 4.78 is 11.9. The molecular formula is C20H41IN4O2. The lowest BCUT2D eigenvalue weighted by atomic mass is 10.1. The minimum absolute atomic E-state index is 0. The van der Waals surface area contributed by atoms with Gasteiger partial charge in [0.05, 0.1) is 25.4 Å². The number of aliphatic imine (C=N–C) groups is 1. The van der Waals surface area contributed by atoms with E-state index in [2.05, 4.69) is 35.9 Å². The van der Waals surface area contributed by atoms with E-state index in [1.807, 2.05) is 0 Å². The van der Waals surface area contributed by atoms with Crippen LogP contribution in [0.5, 0.6) is 0 Å². The Balaban J connectivity index is 0.00000364.